The first-order valence-electron chi connectivity index (χ1n) is 7.91. The number of hydrogen-bond acceptors (Lipinski definition) is 4. The number of anilines is 1. The zero-order valence-corrected chi connectivity index (χ0v) is 13.6. The van der Waals surface area contributed by atoms with E-state index in [4.69, 9.17) is 4.42 Å². The zero-order chi connectivity index (χ0) is 16.5. The largest absolute Gasteiger partial charge is 0.465 e. The van der Waals surface area contributed by atoms with Gasteiger partial charge in [0.15, 0.2) is 5.82 Å². The number of nitrogens with zero attached hydrogens (tertiary/aromatic N) is 2. The Bertz CT molecular complexity index is 985. The third-order valence-corrected chi connectivity index (χ3v) is 3.90. The van der Waals surface area contributed by atoms with Crippen LogP contribution in [-0.2, 0) is 6.54 Å². The number of nitrogens with one attached hydrogen (secondary N) is 2. The van der Waals surface area contributed by atoms with Crippen molar-refractivity contribution in [3.05, 3.63) is 65.9 Å². The number of benzene rings is 1. The van der Waals surface area contributed by atoms with Crippen LogP contribution in [0.1, 0.15) is 17.3 Å². The molecule has 0 saturated heterocycles. The second kappa shape index (κ2) is 5.85. The maximum atomic E-state index is 5.61. The van der Waals surface area contributed by atoms with Crippen LogP contribution in [0.4, 0.5) is 5.82 Å². The molecule has 24 heavy (non-hydrogen) atoms. The Labute approximate surface area is 139 Å². The minimum Gasteiger partial charge on any atom is -0.465 e. The van der Waals surface area contributed by atoms with Crippen molar-refractivity contribution in [3.63, 3.8) is 0 Å². The van der Waals surface area contributed by atoms with Gasteiger partial charge in [0.2, 0.25) is 0 Å². The lowest BCUT2D eigenvalue weighted by Gasteiger charge is -2.06. The molecule has 0 fully saturated rings. The molecule has 0 aliphatic carbocycles. The molecule has 3 aromatic heterocycles. The molecule has 3 heterocycles. The van der Waals surface area contributed by atoms with Crippen LogP contribution in [0.3, 0.4) is 0 Å². The Morgan fingerprint density at radius 2 is 1.88 bits per heavy atom. The second-order valence-electron chi connectivity index (χ2n) is 5.79. The minimum absolute atomic E-state index is 0.582. The van der Waals surface area contributed by atoms with E-state index in [1.807, 2.05) is 44.2 Å². The molecule has 0 aliphatic rings. The SMILES string of the molecule is Cc1nc(NCc2ccc(C)o2)c2[nH]c(-c3ccccc3)cc2n1. The van der Waals surface area contributed by atoms with E-state index in [1.165, 1.54) is 0 Å². The van der Waals surface area contributed by atoms with Gasteiger partial charge in [-0.05, 0) is 37.6 Å². The van der Waals surface area contributed by atoms with Gasteiger partial charge >= 0.3 is 0 Å². The van der Waals surface area contributed by atoms with Crippen LogP contribution in [-0.4, -0.2) is 15.0 Å². The van der Waals surface area contributed by atoms with Crippen molar-refractivity contribution in [1.29, 1.82) is 0 Å². The predicted molar refractivity (Wildman–Crippen MR) is 94.8 cm³/mol. The van der Waals surface area contributed by atoms with Crippen molar-refractivity contribution in [1.82, 2.24) is 15.0 Å². The molecule has 120 valence electrons. The summed E-state index contributed by atoms with van der Waals surface area (Å²) < 4.78 is 5.61. The summed E-state index contributed by atoms with van der Waals surface area (Å²) in [6.45, 7) is 4.42. The van der Waals surface area contributed by atoms with Crippen molar-refractivity contribution in [2.45, 2.75) is 20.4 Å². The summed E-state index contributed by atoms with van der Waals surface area (Å²) in [7, 11) is 0. The molecule has 0 saturated carbocycles. The van der Waals surface area contributed by atoms with Gasteiger partial charge in [0.1, 0.15) is 22.9 Å². The van der Waals surface area contributed by atoms with Crippen LogP contribution in [0.25, 0.3) is 22.3 Å². The Morgan fingerprint density at radius 1 is 1.04 bits per heavy atom. The number of rotatable bonds is 4. The first-order valence-corrected chi connectivity index (χ1v) is 7.91. The summed E-state index contributed by atoms with van der Waals surface area (Å²) in [6, 6.07) is 16.2. The highest BCUT2D eigenvalue weighted by molar-refractivity contribution is 5.90. The Kier molecular flexibility index (Phi) is 3.54. The molecule has 4 aromatic rings. The summed E-state index contributed by atoms with van der Waals surface area (Å²) in [5, 5.41) is 3.35. The predicted octanol–water partition coefficient (Wildman–Crippen LogP) is 4.45. The molecule has 0 spiro atoms. The van der Waals surface area contributed by atoms with Crippen molar-refractivity contribution in [2.24, 2.45) is 0 Å². The molecular formula is C19H18N4O. The molecule has 4 rings (SSSR count). The van der Waals surface area contributed by atoms with Crippen LogP contribution in [0.2, 0.25) is 0 Å². The monoisotopic (exact) mass is 318 g/mol. The Hall–Kier alpha value is -3.08. The fourth-order valence-electron chi connectivity index (χ4n) is 2.78. The van der Waals surface area contributed by atoms with Gasteiger partial charge in [-0.1, -0.05) is 30.3 Å². The number of H-pyrrole nitrogens is 1. The number of aromatic amines is 1. The van der Waals surface area contributed by atoms with Crippen LogP contribution < -0.4 is 5.32 Å². The smallest absolute Gasteiger partial charge is 0.154 e. The lowest BCUT2D eigenvalue weighted by molar-refractivity contribution is 0.490. The Morgan fingerprint density at radius 3 is 2.62 bits per heavy atom. The molecule has 0 bridgehead atoms. The molecular weight excluding hydrogens is 300 g/mol. The van der Waals surface area contributed by atoms with Crippen LogP contribution in [0.15, 0.2) is 52.9 Å². The maximum Gasteiger partial charge on any atom is 0.154 e. The van der Waals surface area contributed by atoms with Gasteiger partial charge in [0.25, 0.3) is 0 Å². The topological polar surface area (TPSA) is 66.7 Å². The van der Waals surface area contributed by atoms with Gasteiger partial charge in [-0.3, -0.25) is 0 Å². The van der Waals surface area contributed by atoms with E-state index in [0.717, 1.165) is 45.5 Å². The summed E-state index contributed by atoms with van der Waals surface area (Å²) in [5.41, 5.74) is 3.96. The average Bonchev–Trinajstić information content (AvgIpc) is 3.19. The molecule has 5 heteroatoms. The van der Waals surface area contributed by atoms with Gasteiger partial charge in [-0.25, -0.2) is 9.97 Å². The summed E-state index contributed by atoms with van der Waals surface area (Å²) in [4.78, 5) is 12.5. The quantitative estimate of drug-likeness (QED) is 0.583. The third kappa shape index (κ3) is 2.76. The molecule has 1 aromatic carbocycles. The van der Waals surface area contributed by atoms with Gasteiger partial charge in [-0.2, -0.15) is 0 Å². The van der Waals surface area contributed by atoms with Gasteiger partial charge in [0.05, 0.1) is 12.1 Å². The van der Waals surface area contributed by atoms with E-state index in [9.17, 15) is 0 Å². The standard InChI is InChI=1S/C19H18N4O/c1-12-8-9-15(24-12)11-20-19-18-17(21-13(2)22-19)10-16(23-18)14-6-4-3-5-7-14/h3-10,23H,11H2,1-2H3,(H,20,21,22). The molecule has 5 nitrogen and oxygen atoms in total. The Balaban J connectivity index is 1.70. The van der Waals surface area contributed by atoms with E-state index in [2.05, 4.69) is 38.5 Å². The fourth-order valence-corrected chi connectivity index (χ4v) is 2.78. The first kappa shape index (κ1) is 14.5. The van der Waals surface area contributed by atoms with Gasteiger partial charge in [0, 0.05) is 5.69 Å². The number of furan rings is 1. The molecule has 2 N–H and O–H groups in total. The first-order chi connectivity index (χ1) is 11.7. The number of hydrogen-bond donors (Lipinski definition) is 2. The molecule has 0 radical (unpaired) electrons. The third-order valence-electron chi connectivity index (χ3n) is 3.90. The summed E-state index contributed by atoms with van der Waals surface area (Å²) in [6.07, 6.45) is 0. The van der Waals surface area contributed by atoms with Crippen molar-refractivity contribution in [2.75, 3.05) is 5.32 Å². The molecule has 0 atom stereocenters. The number of fused-ring (bicyclic) bond motifs is 1. The summed E-state index contributed by atoms with van der Waals surface area (Å²) >= 11 is 0. The van der Waals surface area contributed by atoms with E-state index in [1.54, 1.807) is 0 Å². The van der Waals surface area contributed by atoms with E-state index in [0.29, 0.717) is 6.54 Å². The second-order valence-corrected chi connectivity index (χ2v) is 5.79. The maximum absolute atomic E-state index is 5.61. The van der Waals surface area contributed by atoms with E-state index < -0.39 is 0 Å². The van der Waals surface area contributed by atoms with Crippen molar-refractivity contribution < 1.29 is 4.42 Å². The van der Waals surface area contributed by atoms with Crippen LogP contribution >= 0.6 is 0 Å². The van der Waals surface area contributed by atoms with E-state index >= 15 is 0 Å². The summed E-state index contributed by atoms with van der Waals surface area (Å²) in [5.74, 6) is 3.31. The molecule has 0 unspecified atom stereocenters. The highest BCUT2D eigenvalue weighted by Crippen LogP contribution is 2.27. The number of aromatic nitrogens is 3. The highest BCUT2D eigenvalue weighted by atomic mass is 16.3. The zero-order valence-electron chi connectivity index (χ0n) is 13.6. The lowest BCUT2D eigenvalue weighted by atomic mass is 10.2. The number of aryl methyl sites for hydroxylation is 2. The lowest BCUT2D eigenvalue weighted by Crippen LogP contribution is -2.03. The normalized spacial score (nSPS) is 11.1. The van der Waals surface area contributed by atoms with E-state index in [-0.39, 0.29) is 0 Å². The average molecular weight is 318 g/mol. The fraction of sp³-hybridized carbons (Fsp3) is 0.158. The van der Waals surface area contributed by atoms with Gasteiger partial charge in [-0.15, -0.1) is 0 Å². The van der Waals surface area contributed by atoms with Crippen LogP contribution in [0.5, 0.6) is 0 Å². The van der Waals surface area contributed by atoms with Gasteiger partial charge < -0.3 is 14.7 Å². The van der Waals surface area contributed by atoms with Crippen LogP contribution in [0, 0.1) is 13.8 Å². The van der Waals surface area contributed by atoms with Crippen molar-refractivity contribution in [3.8, 4) is 11.3 Å². The molecule has 0 aliphatic heterocycles. The minimum atomic E-state index is 0.582. The van der Waals surface area contributed by atoms with Crippen molar-refractivity contribution >= 4 is 16.9 Å². The molecule has 0 amide bonds. The highest BCUT2D eigenvalue weighted by Gasteiger charge is 2.11.